The van der Waals surface area contributed by atoms with Crippen LogP contribution >= 0.6 is 11.8 Å². The molecule has 2 heterocycles. The Bertz CT molecular complexity index is 977. The van der Waals surface area contributed by atoms with Gasteiger partial charge in [0.25, 0.3) is 0 Å². The minimum atomic E-state index is -0.706. The first kappa shape index (κ1) is 18.1. The smallest absolute Gasteiger partial charge is 0.206 e. The Hall–Kier alpha value is -2.67. The molecule has 0 spiro atoms. The molecule has 134 valence electrons. The molecule has 0 bridgehead atoms. The van der Waals surface area contributed by atoms with Crippen LogP contribution in [0, 0.1) is 0 Å². The monoisotopic (exact) mass is 369 g/mol. The summed E-state index contributed by atoms with van der Waals surface area (Å²) in [5.41, 5.74) is 3.49. The van der Waals surface area contributed by atoms with Crippen molar-refractivity contribution in [3.05, 3.63) is 54.9 Å². The number of rotatable bonds is 5. The Morgan fingerprint density at radius 2 is 2.15 bits per heavy atom. The summed E-state index contributed by atoms with van der Waals surface area (Å²) in [7, 11) is 0. The highest BCUT2D eigenvalue weighted by molar-refractivity contribution is 8.13. The van der Waals surface area contributed by atoms with E-state index in [-0.39, 0.29) is 6.04 Å². The predicted octanol–water partition coefficient (Wildman–Crippen LogP) is 5.00. The molecule has 0 saturated heterocycles. The molecule has 0 aliphatic carbocycles. The van der Waals surface area contributed by atoms with Crippen LogP contribution in [-0.2, 0) is 0 Å². The molecule has 26 heavy (non-hydrogen) atoms. The van der Waals surface area contributed by atoms with E-state index in [1.165, 1.54) is 11.8 Å². The Morgan fingerprint density at radius 3 is 2.85 bits per heavy atom. The van der Waals surface area contributed by atoms with Crippen LogP contribution in [0.5, 0.6) is 0 Å². The highest BCUT2D eigenvalue weighted by Gasteiger charge is 2.12. The first-order valence-electron chi connectivity index (χ1n) is 8.15. The van der Waals surface area contributed by atoms with Crippen LogP contribution in [0.25, 0.3) is 22.2 Å². The highest BCUT2D eigenvalue weighted by atomic mass is 32.2. The minimum Gasteiger partial charge on any atom is -0.367 e. The number of anilines is 1. The molecule has 0 aliphatic rings. The van der Waals surface area contributed by atoms with Gasteiger partial charge < -0.3 is 10.3 Å². The van der Waals surface area contributed by atoms with Gasteiger partial charge in [0.05, 0.1) is 18.1 Å². The fourth-order valence-corrected chi connectivity index (χ4v) is 3.22. The summed E-state index contributed by atoms with van der Waals surface area (Å²) in [6.07, 6.45) is 7.20. The summed E-state index contributed by atoms with van der Waals surface area (Å²) in [6.45, 7) is 7.32. The lowest BCUT2D eigenvalue weighted by Crippen LogP contribution is -2.11. The average molecular weight is 369 g/mol. The first-order valence-corrected chi connectivity index (χ1v) is 9.38. The molecule has 0 unspecified atom stereocenters. The molecule has 7 heteroatoms. The number of halogens is 1. The molecule has 1 aromatic carbocycles. The van der Waals surface area contributed by atoms with E-state index in [4.69, 9.17) is 0 Å². The van der Waals surface area contributed by atoms with E-state index >= 15 is 0 Å². The van der Waals surface area contributed by atoms with Crippen LogP contribution in [0.4, 0.5) is 10.2 Å². The summed E-state index contributed by atoms with van der Waals surface area (Å²) >= 11 is 1.37. The summed E-state index contributed by atoms with van der Waals surface area (Å²) in [5.74, 6) is 0.0187. The lowest BCUT2D eigenvalue weighted by atomic mass is 10.1. The van der Waals surface area contributed by atoms with Gasteiger partial charge in [0, 0.05) is 34.3 Å². The fourth-order valence-electron chi connectivity index (χ4n) is 2.66. The number of nitrogens with zero attached hydrogens (tertiary/aromatic N) is 3. The number of aliphatic imine (C=N–C) groups is 1. The van der Waals surface area contributed by atoms with Crippen LogP contribution in [-0.4, -0.2) is 32.3 Å². The zero-order chi connectivity index (χ0) is 18.7. The first-order chi connectivity index (χ1) is 12.5. The van der Waals surface area contributed by atoms with E-state index in [0.717, 1.165) is 33.5 Å². The van der Waals surface area contributed by atoms with Gasteiger partial charge in [-0.25, -0.2) is 9.98 Å². The number of nitrogens with one attached hydrogen (secondary N) is 2. The predicted molar refractivity (Wildman–Crippen MR) is 108 cm³/mol. The normalized spacial score (nSPS) is 12.0. The summed E-state index contributed by atoms with van der Waals surface area (Å²) in [5, 5.41) is 4.81. The summed E-state index contributed by atoms with van der Waals surface area (Å²) < 4.78 is 13.1. The molecule has 2 aromatic heterocycles. The number of hydrogen-bond donors (Lipinski definition) is 2. The molecule has 0 atom stereocenters. The van der Waals surface area contributed by atoms with Gasteiger partial charge in [-0.3, -0.25) is 4.98 Å². The number of benzene rings is 1. The van der Waals surface area contributed by atoms with Gasteiger partial charge in [0.2, 0.25) is 5.95 Å². The van der Waals surface area contributed by atoms with E-state index in [0.29, 0.717) is 5.04 Å². The number of aromatic nitrogens is 3. The second kappa shape index (κ2) is 7.70. The number of aromatic amines is 1. The fraction of sp³-hybridized carbons (Fsp3) is 0.211. The van der Waals surface area contributed by atoms with Crippen LogP contribution < -0.4 is 5.32 Å². The van der Waals surface area contributed by atoms with E-state index in [1.54, 1.807) is 12.4 Å². The third-order valence-electron chi connectivity index (χ3n) is 3.69. The summed E-state index contributed by atoms with van der Waals surface area (Å²) in [4.78, 5) is 16.1. The van der Waals surface area contributed by atoms with E-state index in [1.807, 2.05) is 44.5 Å². The maximum atomic E-state index is 13.1. The molecule has 3 aromatic rings. The topological polar surface area (TPSA) is 66.0 Å². The van der Waals surface area contributed by atoms with Crippen LogP contribution in [0.1, 0.15) is 19.4 Å². The maximum Gasteiger partial charge on any atom is 0.206 e. The molecule has 2 N–H and O–H groups in total. The third kappa shape index (κ3) is 3.94. The van der Waals surface area contributed by atoms with Gasteiger partial charge >= 0.3 is 0 Å². The van der Waals surface area contributed by atoms with Crippen molar-refractivity contribution in [1.29, 1.82) is 0 Å². The molecule has 5 nitrogen and oxygen atoms in total. The van der Waals surface area contributed by atoms with Crippen LogP contribution in [0.2, 0.25) is 0 Å². The van der Waals surface area contributed by atoms with E-state index in [9.17, 15) is 4.39 Å². The van der Waals surface area contributed by atoms with Gasteiger partial charge in [-0.2, -0.15) is 4.39 Å². The number of thioether (sulfide) groups is 1. The van der Waals surface area contributed by atoms with E-state index in [2.05, 4.69) is 31.8 Å². The Morgan fingerprint density at radius 1 is 1.35 bits per heavy atom. The van der Waals surface area contributed by atoms with Crippen molar-refractivity contribution in [3.8, 4) is 11.3 Å². The molecular formula is C19H20FN5S. The van der Waals surface area contributed by atoms with Crippen molar-refractivity contribution in [3.63, 3.8) is 0 Å². The van der Waals surface area contributed by atoms with Crippen molar-refractivity contribution in [2.24, 2.45) is 4.99 Å². The zero-order valence-corrected chi connectivity index (χ0v) is 15.7. The van der Waals surface area contributed by atoms with Gasteiger partial charge in [-0.15, -0.1) is 11.8 Å². The van der Waals surface area contributed by atoms with Crippen molar-refractivity contribution < 1.29 is 4.39 Å². The van der Waals surface area contributed by atoms with Gasteiger partial charge in [0.15, 0.2) is 0 Å². The Labute approximate surface area is 155 Å². The van der Waals surface area contributed by atoms with Crippen molar-refractivity contribution in [2.45, 2.75) is 19.9 Å². The minimum absolute atomic E-state index is 0.267. The maximum absolute atomic E-state index is 13.1. The van der Waals surface area contributed by atoms with Crippen molar-refractivity contribution >= 4 is 33.5 Å². The van der Waals surface area contributed by atoms with Gasteiger partial charge in [-0.05, 0) is 38.8 Å². The largest absolute Gasteiger partial charge is 0.367 e. The highest BCUT2D eigenvalue weighted by Crippen LogP contribution is 2.29. The average Bonchev–Trinajstić information content (AvgIpc) is 3.02. The Kier molecular flexibility index (Phi) is 5.37. The second-order valence-corrected chi connectivity index (χ2v) is 6.84. The molecule has 0 radical (unpaired) electrons. The van der Waals surface area contributed by atoms with Crippen LogP contribution in [0.3, 0.4) is 0 Å². The van der Waals surface area contributed by atoms with Crippen molar-refractivity contribution in [1.82, 2.24) is 15.0 Å². The SMILES string of the molecule is C=C(F)/N=C(\SC)c1ccc2[nH]cc(-c3cncc(NC(C)C)n3)c2c1. The zero-order valence-electron chi connectivity index (χ0n) is 14.9. The Balaban J connectivity index is 2.08. The standard InChI is InChI=1S/C19H20FN5S/c1-11(2)23-18-10-21-9-17(25-18)15-8-22-16-6-5-13(7-14(15)16)19(26-4)24-12(3)20/h5-11,22H,3H2,1-2,4H3,(H,23,25)/b24-19-. The quantitative estimate of drug-likeness (QED) is 0.377. The molecular weight excluding hydrogens is 349 g/mol. The third-order valence-corrected chi connectivity index (χ3v) is 4.41. The molecule has 3 rings (SSSR count). The lowest BCUT2D eigenvalue weighted by molar-refractivity contribution is 0.634. The van der Waals surface area contributed by atoms with Gasteiger partial charge in [-0.1, -0.05) is 6.07 Å². The number of hydrogen-bond acceptors (Lipinski definition) is 5. The number of H-pyrrole nitrogens is 1. The molecule has 0 aliphatic heterocycles. The number of fused-ring (bicyclic) bond motifs is 1. The molecule has 0 fully saturated rings. The second-order valence-electron chi connectivity index (χ2n) is 6.05. The van der Waals surface area contributed by atoms with Crippen molar-refractivity contribution in [2.75, 3.05) is 11.6 Å². The van der Waals surface area contributed by atoms with E-state index < -0.39 is 5.95 Å². The lowest BCUT2D eigenvalue weighted by Gasteiger charge is -2.09. The molecule has 0 saturated carbocycles. The van der Waals surface area contributed by atoms with Gasteiger partial charge in [0.1, 0.15) is 10.9 Å². The molecule has 0 amide bonds. The van der Waals surface area contributed by atoms with Crippen LogP contribution in [0.15, 0.2) is 54.3 Å². The summed E-state index contributed by atoms with van der Waals surface area (Å²) in [6, 6.07) is 6.10.